The Labute approximate surface area is 109 Å². The van der Waals surface area contributed by atoms with Gasteiger partial charge in [0.15, 0.2) is 0 Å². The molecule has 0 saturated heterocycles. The van der Waals surface area contributed by atoms with Gasteiger partial charge in [0.05, 0.1) is 11.7 Å². The molecule has 0 unspecified atom stereocenters. The molecule has 96 valence electrons. The first-order valence-corrected chi connectivity index (χ1v) is 5.98. The van der Waals surface area contributed by atoms with Gasteiger partial charge in [0.25, 0.3) is 0 Å². The maximum Gasteiger partial charge on any atom is 0.241 e. The predicted molar refractivity (Wildman–Crippen MR) is 69.3 cm³/mol. The van der Waals surface area contributed by atoms with Crippen LogP contribution in [0.4, 0.5) is 0 Å². The first kappa shape index (κ1) is 11.5. The third kappa shape index (κ3) is 2.47. The average Bonchev–Trinajstić information content (AvgIpc) is 3.05. The number of hydrogen-bond donors (Lipinski definition) is 1. The quantitative estimate of drug-likeness (QED) is 0.751. The normalized spacial score (nSPS) is 10.7. The SMILES string of the molecule is O=C(Cn1cccn1)NCc1cnn2ccccc12. The van der Waals surface area contributed by atoms with Gasteiger partial charge in [-0.1, -0.05) is 6.07 Å². The molecule has 0 spiro atoms. The number of nitrogens with zero attached hydrogens (tertiary/aromatic N) is 4. The van der Waals surface area contributed by atoms with Crippen LogP contribution in [-0.4, -0.2) is 25.3 Å². The highest BCUT2D eigenvalue weighted by atomic mass is 16.2. The highest BCUT2D eigenvalue weighted by molar-refractivity contribution is 5.75. The van der Waals surface area contributed by atoms with Crippen LogP contribution in [0.5, 0.6) is 0 Å². The lowest BCUT2D eigenvalue weighted by Crippen LogP contribution is -2.27. The molecular formula is C13H13N5O. The fraction of sp³-hybridized carbons (Fsp3) is 0.154. The van der Waals surface area contributed by atoms with Crippen LogP contribution in [0.1, 0.15) is 5.56 Å². The molecule has 3 aromatic rings. The summed E-state index contributed by atoms with van der Waals surface area (Å²) in [6.07, 6.45) is 7.06. The van der Waals surface area contributed by atoms with Gasteiger partial charge in [0.1, 0.15) is 6.54 Å². The number of pyridine rings is 1. The smallest absolute Gasteiger partial charge is 0.241 e. The summed E-state index contributed by atoms with van der Waals surface area (Å²) < 4.78 is 3.38. The number of rotatable bonds is 4. The number of fused-ring (bicyclic) bond motifs is 1. The Morgan fingerprint density at radius 2 is 2.16 bits per heavy atom. The van der Waals surface area contributed by atoms with Crippen molar-refractivity contribution >= 4 is 11.4 Å². The monoisotopic (exact) mass is 255 g/mol. The van der Waals surface area contributed by atoms with Gasteiger partial charge in [0.2, 0.25) is 5.91 Å². The van der Waals surface area contributed by atoms with E-state index < -0.39 is 0 Å². The van der Waals surface area contributed by atoms with Gasteiger partial charge >= 0.3 is 0 Å². The molecule has 3 aromatic heterocycles. The molecule has 0 atom stereocenters. The summed E-state index contributed by atoms with van der Waals surface area (Å²) >= 11 is 0. The third-order valence-electron chi connectivity index (χ3n) is 2.85. The Morgan fingerprint density at radius 3 is 3.00 bits per heavy atom. The number of carbonyl (C=O) groups excluding carboxylic acids is 1. The number of aromatic nitrogens is 4. The number of amides is 1. The summed E-state index contributed by atoms with van der Waals surface area (Å²) in [4.78, 5) is 11.7. The lowest BCUT2D eigenvalue weighted by Gasteiger charge is -2.04. The Hall–Kier alpha value is -2.63. The molecule has 0 fully saturated rings. The van der Waals surface area contributed by atoms with E-state index >= 15 is 0 Å². The molecule has 6 nitrogen and oxygen atoms in total. The molecule has 3 heterocycles. The van der Waals surface area contributed by atoms with Gasteiger partial charge in [0, 0.05) is 30.7 Å². The molecule has 6 heteroatoms. The molecule has 0 radical (unpaired) electrons. The minimum atomic E-state index is -0.0704. The van der Waals surface area contributed by atoms with Crippen molar-refractivity contribution in [2.75, 3.05) is 0 Å². The van der Waals surface area contributed by atoms with Crippen LogP contribution in [-0.2, 0) is 17.9 Å². The third-order valence-corrected chi connectivity index (χ3v) is 2.85. The Balaban J connectivity index is 1.64. The van der Waals surface area contributed by atoms with E-state index in [4.69, 9.17) is 0 Å². The van der Waals surface area contributed by atoms with Crippen molar-refractivity contribution in [3.05, 3.63) is 54.6 Å². The van der Waals surface area contributed by atoms with Crippen LogP contribution in [0, 0.1) is 0 Å². The van der Waals surface area contributed by atoms with Crippen molar-refractivity contribution in [2.45, 2.75) is 13.1 Å². The van der Waals surface area contributed by atoms with Crippen molar-refractivity contribution in [1.82, 2.24) is 24.7 Å². The van der Waals surface area contributed by atoms with Crippen LogP contribution in [0.3, 0.4) is 0 Å². The second-order valence-corrected chi connectivity index (χ2v) is 4.18. The van der Waals surface area contributed by atoms with Gasteiger partial charge < -0.3 is 5.32 Å². The molecular weight excluding hydrogens is 242 g/mol. The van der Waals surface area contributed by atoms with Crippen LogP contribution in [0.2, 0.25) is 0 Å². The lowest BCUT2D eigenvalue weighted by atomic mass is 10.2. The molecule has 0 bridgehead atoms. The maximum absolute atomic E-state index is 11.7. The van der Waals surface area contributed by atoms with E-state index in [0.29, 0.717) is 6.54 Å². The first-order chi connectivity index (χ1) is 9.33. The van der Waals surface area contributed by atoms with Crippen molar-refractivity contribution < 1.29 is 4.79 Å². The van der Waals surface area contributed by atoms with Crippen molar-refractivity contribution in [3.63, 3.8) is 0 Å². The van der Waals surface area contributed by atoms with Crippen LogP contribution >= 0.6 is 0 Å². The Kier molecular flexibility index (Phi) is 2.97. The average molecular weight is 255 g/mol. The van der Waals surface area contributed by atoms with E-state index in [1.54, 1.807) is 33.9 Å². The second kappa shape index (κ2) is 4.93. The molecule has 0 aliphatic heterocycles. The molecule has 0 aliphatic carbocycles. The fourth-order valence-electron chi connectivity index (χ4n) is 1.91. The van der Waals surface area contributed by atoms with Crippen LogP contribution in [0.15, 0.2) is 49.1 Å². The molecule has 1 amide bonds. The van der Waals surface area contributed by atoms with E-state index in [2.05, 4.69) is 15.5 Å². The predicted octanol–water partition coefficient (Wildman–Crippen LogP) is 0.847. The zero-order valence-corrected chi connectivity index (χ0v) is 10.2. The largest absolute Gasteiger partial charge is 0.350 e. The molecule has 1 N–H and O–H groups in total. The Bertz CT molecular complexity index is 686. The van der Waals surface area contributed by atoms with E-state index in [0.717, 1.165) is 11.1 Å². The summed E-state index contributed by atoms with van der Waals surface area (Å²) in [6.45, 7) is 0.694. The molecule has 19 heavy (non-hydrogen) atoms. The van der Waals surface area contributed by atoms with Crippen molar-refractivity contribution in [2.24, 2.45) is 0 Å². The van der Waals surface area contributed by atoms with Gasteiger partial charge in [-0.15, -0.1) is 0 Å². The van der Waals surface area contributed by atoms with Gasteiger partial charge in [-0.3, -0.25) is 9.48 Å². The molecule has 0 saturated carbocycles. The molecule has 0 aliphatic rings. The van der Waals surface area contributed by atoms with E-state index in [-0.39, 0.29) is 12.5 Å². The van der Waals surface area contributed by atoms with E-state index in [1.807, 2.05) is 24.4 Å². The summed E-state index contributed by atoms with van der Waals surface area (Å²) in [6, 6.07) is 7.63. The summed E-state index contributed by atoms with van der Waals surface area (Å²) in [5.41, 5.74) is 2.00. The van der Waals surface area contributed by atoms with Gasteiger partial charge in [-0.05, 0) is 18.2 Å². The topological polar surface area (TPSA) is 64.2 Å². The number of hydrogen-bond acceptors (Lipinski definition) is 3. The summed E-state index contributed by atoms with van der Waals surface area (Å²) in [5.74, 6) is -0.0704. The first-order valence-electron chi connectivity index (χ1n) is 5.98. The fourth-order valence-corrected chi connectivity index (χ4v) is 1.91. The standard InChI is InChI=1S/C13H13N5O/c19-13(10-17-6-3-5-15-17)14-8-11-9-16-18-7-2-1-4-12(11)18/h1-7,9H,8,10H2,(H,14,19). The summed E-state index contributed by atoms with van der Waals surface area (Å²) in [5, 5.41) is 11.1. The van der Waals surface area contributed by atoms with Gasteiger partial charge in [-0.2, -0.15) is 10.2 Å². The van der Waals surface area contributed by atoms with Crippen LogP contribution < -0.4 is 5.32 Å². The van der Waals surface area contributed by atoms with Crippen molar-refractivity contribution in [1.29, 1.82) is 0 Å². The zero-order valence-electron chi connectivity index (χ0n) is 10.2. The van der Waals surface area contributed by atoms with Crippen LogP contribution in [0.25, 0.3) is 5.52 Å². The Morgan fingerprint density at radius 1 is 1.21 bits per heavy atom. The zero-order chi connectivity index (χ0) is 13.1. The highest BCUT2D eigenvalue weighted by Crippen LogP contribution is 2.09. The minimum absolute atomic E-state index is 0.0704. The lowest BCUT2D eigenvalue weighted by molar-refractivity contribution is -0.122. The maximum atomic E-state index is 11.7. The number of carbonyl (C=O) groups is 1. The summed E-state index contributed by atoms with van der Waals surface area (Å²) in [7, 11) is 0. The highest BCUT2D eigenvalue weighted by Gasteiger charge is 2.06. The van der Waals surface area contributed by atoms with E-state index in [9.17, 15) is 4.79 Å². The second-order valence-electron chi connectivity index (χ2n) is 4.18. The van der Waals surface area contributed by atoms with Gasteiger partial charge in [-0.25, -0.2) is 4.52 Å². The van der Waals surface area contributed by atoms with E-state index in [1.165, 1.54) is 0 Å². The van der Waals surface area contributed by atoms with Crippen molar-refractivity contribution in [3.8, 4) is 0 Å². The minimum Gasteiger partial charge on any atom is -0.350 e. The molecule has 0 aromatic carbocycles. The number of nitrogens with one attached hydrogen (secondary N) is 1. The molecule has 3 rings (SSSR count).